The van der Waals surface area contributed by atoms with Gasteiger partial charge < -0.3 is 9.69 Å². The predicted octanol–water partition coefficient (Wildman–Crippen LogP) is 2.64. The number of aromatic nitrogens is 2. The van der Waals surface area contributed by atoms with Crippen molar-refractivity contribution in [3.8, 4) is 0 Å². The number of ketones is 1. The molecule has 1 aliphatic heterocycles. The molecule has 0 N–H and O–H groups in total. The zero-order valence-electron chi connectivity index (χ0n) is 13.0. The summed E-state index contributed by atoms with van der Waals surface area (Å²) in [5, 5.41) is 0. The number of hydrogen-bond acceptors (Lipinski definition) is 4. The molecule has 0 amide bonds. The van der Waals surface area contributed by atoms with Crippen molar-refractivity contribution >= 4 is 11.7 Å². The van der Waals surface area contributed by atoms with Crippen molar-refractivity contribution in [1.29, 1.82) is 0 Å². The second-order valence-corrected chi connectivity index (χ2v) is 6.56. The summed E-state index contributed by atoms with van der Waals surface area (Å²) in [5.74, 6) is 0.585. The van der Waals surface area contributed by atoms with Crippen LogP contribution in [-0.4, -0.2) is 28.8 Å². The fourth-order valence-corrected chi connectivity index (χ4v) is 3.57. The second kappa shape index (κ2) is 4.77. The van der Waals surface area contributed by atoms with Crippen molar-refractivity contribution in [3.05, 3.63) is 53.3 Å². The first-order valence-corrected chi connectivity index (χ1v) is 7.27. The van der Waals surface area contributed by atoms with Crippen LogP contribution in [0.3, 0.4) is 0 Å². The Balaban J connectivity index is 2.07. The number of anilines is 1. The van der Waals surface area contributed by atoms with Crippen LogP contribution in [0.4, 0.5) is 5.95 Å². The molecule has 0 saturated heterocycles. The van der Waals surface area contributed by atoms with Crippen LogP contribution < -0.4 is 4.90 Å². The zero-order chi connectivity index (χ0) is 16.0. The van der Waals surface area contributed by atoms with E-state index in [2.05, 4.69) is 32.7 Å². The summed E-state index contributed by atoms with van der Waals surface area (Å²) in [6.45, 7) is 14.5. The molecule has 5 nitrogen and oxygen atoms in total. The van der Waals surface area contributed by atoms with Gasteiger partial charge in [0.1, 0.15) is 0 Å². The molecule has 0 bridgehead atoms. The average Bonchev–Trinajstić information content (AvgIpc) is 2.51. The Morgan fingerprint density at radius 3 is 2.59 bits per heavy atom. The van der Waals surface area contributed by atoms with Crippen LogP contribution in [-0.2, 0) is 4.79 Å². The third-order valence-corrected chi connectivity index (χ3v) is 4.53. The summed E-state index contributed by atoms with van der Waals surface area (Å²) in [5.41, 5.74) is 0.340. The maximum absolute atomic E-state index is 12.5. The van der Waals surface area contributed by atoms with E-state index in [0.29, 0.717) is 19.0 Å². The van der Waals surface area contributed by atoms with Gasteiger partial charge in [0.2, 0.25) is 11.6 Å². The first-order chi connectivity index (χ1) is 10.4. The van der Waals surface area contributed by atoms with E-state index >= 15 is 0 Å². The number of carbonyl (C=O) groups is 1. The molecule has 1 aliphatic carbocycles. The predicted molar refractivity (Wildman–Crippen MR) is 83.9 cm³/mol. The maximum Gasteiger partial charge on any atom is 0.227 e. The molecule has 2 heterocycles. The van der Waals surface area contributed by atoms with Gasteiger partial charge in [-0.25, -0.2) is 14.8 Å². The van der Waals surface area contributed by atoms with Gasteiger partial charge in [0.15, 0.2) is 5.78 Å². The molecular formula is C17H18N4O. The first kappa shape index (κ1) is 14.5. The molecule has 2 aliphatic rings. The largest absolute Gasteiger partial charge is 0.336 e. The van der Waals surface area contributed by atoms with Gasteiger partial charge in [0.25, 0.3) is 0 Å². The monoisotopic (exact) mass is 294 g/mol. The van der Waals surface area contributed by atoms with Gasteiger partial charge in [-0.3, -0.25) is 0 Å². The van der Waals surface area contributed by atoms with Crippen LogP contribution in [0.1, 0.15) is 20.8 Å². The lowest BCUT2D eigenvalue weighted by Crippen LogP contribution is -2.49. The van der Waals surface area contributed by atoms with E-state index in [1.54, 1.807) is 18.5 Å². The Morgan fingerprint density at radius 2 is 1.95 bits per heavy atom. The van der Waals surface area contributed by atoms with E-state index in [0.717, 1.165) is 5.57 Å². The van der Waals surface area contributed by atoms with E-state index in [-0.39, 0.29) is 16.9 Å². The summed E-state index contributed by atoms with van der Waals surface area (Å²) < 4.78 is 0. The Kier molecular flexibility index (Phi) is 3.13. The second-order valence-electron chi connectivity index (χ2n) is 6.56. The molecule has 112 valence electrons. The van der Waals surface area contributed by atoms with Crippen LogP contribution >= 0.6 is 0 Å². The molecule has 5 heteroatoms. The minimum Gasteiger partial charge on any atom is -0.336 e. The standard InChI is InChI=1S/C17H18N4O/c1-16(2)13-6-9-21(15-19-7-5-8-20-15)11-17(13,3)10-12(18-4)14(16)22/h5-8,10H,9,11H2,1-3H3/t17-/m0/s1. The highest BCUT2D eigenvalue weighted by Gasteiger charge is 2.49. The van der Waals surface area contributed by atoms with Gasteiger partial charge in [0.05, 0.1) is 6.57 Å². The van der Waals surface area contributed by atoms with Crippen LogP contribution in [0, 0.1) is 17.4 Å². The van der Waals surface area contributed by atoms with E-state index in [1.165, 1.54) is 0 Å². The van der Waals surface area contributed by atoms with E-state index in [9.17, 15) is 4.79 Å². The summed E-state index contributed by atoms with van der Waals surface area (Å²) in [7, 11) is 0. The van der Waals surface area contributed by atoms with Crippen LogP contribution in [0.5, 0.6) is 0 Å². The number of Topliss-reactive ketones (excluding diaryl/α,β-unsaturated/α-hetero) is 1. The van der Waals surface area contributed by atoms with Gasteiger partial charge in [-0.1, -0.05) is 38.5 Å². The van der Waals surface area contributed by atoms with Crippen molar-refractivity contribution in [2.24, 2.45) is 10.8 Å². The van der Waals surface area contributed by atoms with Gasteiger partial charge in [-0.2, -0.15) is 0 Å². The third kappa shape index (κ3) is 2.03. The van der Waals surface area contributed by atoms with E-state index < -0.39 is 5.41 Å². The molecule has 0 spiro atoms. The number of carbonyl (C=O) groups excluding carboxylic acids is 1. The number of allylic oxidation sites excluding steroid dienone is 1. The number of fused-ring (bicyclic) bond motifs is 1. The highest BCUT2D eigenvalue weighted by atomic mass is 16.1. The van der Waals surface area contributed by atoms with Crippen molar-refractivity contribution in [3.63, 3.8) is 0 Å². The number of hydrogen-bond donors (Lipinski definition) is 0. The number of nitrogens with zero attached hydrogens (tertiary/aromatic N) is 4. The summed E-state index contributed by atoms with van der Waals surface area (Å²) in [4.78, 5) is 26.6. The molecule has 0 saturated carbocycles. The van der Waals surface area contributed by atoms with Crippen molar-refractivity contribution in [2.45, 2.75) is 20.8 Å². The molecule has 1 aromatic heterocycles. The van der Waals surface area contributed by atoms with Crippen molar-refractivity contribution in [1.82, 2.24) is 9.97 Å². The summed E-state index contributed by atoms with van der Waals surface area (Å²) in [6, 6.07) is 1.79. The summed E-state index contributed by atoms with van der Waals surface area (Å²) in [6.07, 6.45) is 7.35. The minimum absolute atomic E-state index is 0.0874. The molecule has 0 radical (unpaired) electrons. The van der Waals surface area contributed by atoms with Crippen LogP contribution in [0.25, 0.3) is 4.85 Å². The Labute approximate surface area is 130 Å². The minimum atomic E-state index is -0.632. The van der Waals surface area contributed by atoms with Crippen LogP contribution in [0.2, 0.25) is 0 Å². The average molecular weight is 294 g/mol. The lowest BCUT2D eigenvalue weighted by atomic mass is 9.61. The molecule has 22 heavy (non-hydrogen) atoms. The highest BCUT2D eigenvalue weighted by Crippen LogP contribution is 2.49. The smallest absolute Gasteiger partial charge is 0.227 e. The Hall–Kier alpha value is -2.48. The Morgan fingerprint density at radius 1 is 1.27 bits per heavy atom. The SMILES string of the molecule is [C-]#[N+]C1=C[C@@]2(C)CN(c3ncccn3)CC=C2C(C)(C)C1=O. The fourth-order valence-electron chi connectivity index (χ4n) is 3.57. The topological polar surface area (TPSA) is 50.5 Å². The van der Waals surface area contributed by atoms with Crippen molar-refractivity contribution < 1.29 is 4.79 Å². The van der Waals surface area contributed by atoms with Gasteiger partial charge in [-0.05, 0) is 6.07 Å². The first-order valence-electron chi connectivity index (χ1n) is 7.27. The molecule has 0 fully saturated rings. The number of rotatable bonds is 1. The highest BCUT2D eigenvalue weighted by molar-refractivity contribution is 6.04. The quantitative estimate of drug-likeness (QED) is 0.590. The maximum atomic E-state index is 12.5. The van der Waals surface area contributed by atoms with E-state index in [1.807, 2.05) is 19.9 Å². The van der Waals surface area contributed by atoms with Gasteiger partial charge in [0, 0.05) is 36.3 Å². The Bertz CT molecular complexity index is 727. The molecular weight excluding hydrogens is 276 g/mol. The molecule has 1 aromatic rings. The molecule has 3 rings (SSSR count). The molecule has 0 aromatic carbocycles. The lowest BCUT2D eigenvalue weighted by molar-refractivity contribution is -0.122. The normalized spacial score (nSPS) is 26.6. The van der Waals surface area contributed by atoms with Crippen LogP contribution in [0.15, 0.2) is 41.9 Å². The van der Waals surface area contributed by atoms with Crippen molar-refractivity contribution in [2.75, 3.05) is 18.0 Å². The fraction of sp³-hybridized carbons (Fsp3) is 0.412. The lowest BCUT2D eigenvalue weighted by Gasteiger charge is -2.47. The van der Waals surface area contributed by atoms with E-state index in [4.69, 9.17) is 6.57 Å². The zero-order valence-corrected chi connectivity index (χ0v) is 13.0. The third-order valence-electron chi connectivity index (χ3n) is 4.53. The van der Waals surface area contributed by atoms with Gasteiger partial charge in [-0.15, -0.1) is 0 Å². The molecule has 1 atom stereocenters. The summed E-state index contributed by atoms with van der Waals surface area (Å²) >= 11 is 0. The van der Waals surface area contributed by atoms with Gasteiger partial charge >= 0.3 is 0 Å². The molecule has 0 unspecified atom stereocenters.